The fourth-order valence-electron chi connectivity index (χ4n) is 3.18. The number of anilines is 1. The monoisotopic (exact) mass is 380 g/mol. The Kier molecular flexibility index (Phi) is 5.77. The third kappa shape index (κ3) is 4.47. The highest BCUT2D eigenvalue weighted by Crippen LogP contribution is 2.17. The molecule has 0 bridgehead atoms. The molecule has 0 spiro atoms. The summed E-state index contributed by atoms with van der Waals surface area (Å²) in [4.78, 5) is 25.2. The topological polar surface area (TPSA) is 51.1 Å². The van der Waals surface area contributed by atoms with E-state index in [2.05, 4.69) is 17.4 Å². The number of hydrogen-bond donors (Lipinski definition) is 1. The number of nitrogens with one attached hydrogen (secondary N) is 1. The maximum Gasteiger partial charge on any atom is 0.261 e. The standard InChI is InChI=1S/C22H21ClN2O2/c1-15-13-20(26)21(22(27)24-19-10-6-9-18(23)14-19)16(2)25(15)12-11-17-7-4-3-5-8-17/h3-10,13-14H,11-12H2,1-2H3,(H,24,27). The van der Waals surface area contributed by atoms with E-state index < -0.39 is 5.91 Å². The molecule has 4 nitrogen and oxygen atoms in total. The highest BCUT2D eigenvalue weighted by Gasteiger charge is 2.17. The number of pyridine rings is 1. The largest absolute Gasteiger partial charge is 0.348 e. The Balaban J connectivity index is 1.89. The molecule has 0 fully saturated rings. The molecule has 1 amide bonds. The van der Waals surface area contributed by atoms with Gasteiger partial charge < -0.3 is 9.88 Å². The van der Waals surface area contributed by atoms with Crippen LogP contribution >= 0.6 is 11.6 Å². The molecule has 0 unspecified atom stereocenters. The molecule has 5 heteroatoms. The van der Waals surface area contributed by atoms with E-state index in [1.165, 1.54) is 11.6 Å². The van der Waals surface area contributed by atoms with Gasteiger partial charge in [0.15, 0.2) is 5.43 Å². The fraction of sp³-hybridized carbons (Fsp3) is 0.182. The van der Waals surface area contributed by atoms with E-state index in [0.717, 1.165) is 12.1 Å². The van der Waals surface area contributed by atoms with Gasteiger partial charge in [0.2, 0.25) is 0 Å². The highest BCUT2D eigenvalue weighted by molar-refractivity contribution is 6.31. The number of carbonyl (C=O) groups excluding carboxylic acids is 1. The van der Waals surface area contributed by atoms with Crippen molar-refractivity contribution in [3.05, 3.63) is 98.4 Å². The first-order chi connectivity index (χ1) is 13.0. The zero-order valence-electron chi connectivity index (χ0n) is 15.3. The van der Waals surface area contributed by atoms with Crippen LogP contribution < -0.4 is 10.7 Å². The lowest BCUT2D eigenvalue weighted by Gasteiger charge is -2.17. The summed E-state index contributed by atoms with van der Waals surface area (Å²) in [6.45, 7) is 4.39. The number of carbonyl (C=O) groups is 1. The molecule has 0 saturated heterocycles. The number of aryl methyl sites for hydroxylation is 2. The molecule has 1 N–H and O–H groups in total. The van der Waals surface area contributed by atoms with Crippen molar-refractivity contribution >= 4 is 23.2 Å². The Morgan fingerprint density at radius 2 is 1.78 bits per heavy atom. The summed E-state index contributed by atoms with van der Waals surface area (Å²) in [6.07, 6.45) is 0.820. The van der Waals surface area contributed by atoms with E-state index in [1.54, 1.807) is 24.3 Å². The lowest BCUT2D eigenvalue weighted by atomic mass is 10.1. The lowest BCUT2D eigenvalue weighted by Crippen LogP contribution is -2.27. The molecule has 2 aromatic carbocycles. The van der Waals surface area contributed by atoms with Gasteiger partial charge in [0.1, 0.15) is 5.56 Å². The van der Waals surface area contributed by atoms with Crippen LogP contribution in [0, 0.1) is 13.8 Å². The molecule has 0 aliphatic rings. The smallest absolute Gasteiger partial charge is 0.261 e. The van der Waals surface area contributed by atoms with Crippen molar-refractivity contribution in [2.75, 3.05) is 5.32 Å². The second kappa shape index (κ2) is 8.23. The Bertz CT molecular complexity index is 1030. The highest BCUT2D eigenvalue weighted by atomic mass is 35.5. The Hall–Kier alpha value is -2.85. The predicted octanol–water partition coefficient (Wildman–Crippen LogP) is 4.61. The average molecular weight is 381 g/mol. The van der Waals surface area contributed by atoms with Gasteiger partial charge in [0.05, 0.1) is 0 Å². The van der Waals surface area contributed by atoms with Gasteiger partial charge in [-0.2, -0.15) is 0 Å². The molecule has 1 aromatic heterocycles. The third-order valence-electron chi connectivity index (χ3n) is 4.56. The van der Waals surface area contributed by atoms with E-state index in [1.807, 2.05) is 36.6 Å². The van der Waals surface area contributed by atoms with Crippen LogP contribution in [-0.2, 0) is 13.0 Å². The second-order valence-corrected chi connectivity index (χ2v) is 6.90. The number of amides is 1. The number of halogens is 1. The van der Waals surface area contributed by atoms with Gasteiger partial charge in [-0.3, -0.25) is 9.59 Å². The quantitative estimate of drug-likeness (QED) is 0.702. The number of nitrogens with zero attached hydrogens (tertiary/aromatic N) is 1. The third-order valence-corrected chi connectivity index (χ3v) is 4.79. The zero-order chi connectivity index (χ0) is 19.4. The number of hydrogen-bond acceptors (Lipinski definition) is 2. The Labute approximate surface area is 163 Å². The van der Waals surface area contributed by atoms with Crippen LogP contribution in [0.4, 0.5) is 5.69 Å². The minimum atomic E-state index is -0.423. The van der Waals surface area contributed by atoms with Crippen LogP contribution in [0.25, 0.3) is 0 Å². The van der Waals surface area contributed by atoms with E-state index in [4.69, 9.17) is 11.6 Å². The van der Waals surface area contributed by atoms with Gasteiger partial charge in [-0.15, -0.1) is 0 Å². The molecule has 3 rings (SSSR count). The van der Waals surface area contributed by atoms with Gasteiger partial charge in [0.25, 0.3) is 5.91 Å². The van der Waals surface area contributed by atoms with Crippen molar-refractivity contribution in [2.45, 2.75) is 26.8 Å². The van der Waals surface area contributed by atoms with Crippen LogP contribution in [-0.4, -0.2) is 10.5 Å². The van der Waals surface area contributed by atoms with Gasteiger partial charge in [-0.05, 0) is 44.0 Å². The average Bonchev–Trinajstić information content (AvgIpc) is 2.62. The first-order valence-corrected chi connectivity index (χ1v) is 9.15. The maximum absolute atomic E-state index is 12.7. The Morgan fingerprint density at radius 1 is 1.04 bits per heavy atom. The Morgan fingerprint density at radius 3 is 2.48 bits per heavy atom. The predicted molar refractivity (Wildman–Crippen MR) is 110 cm³/mol. The van der Waals surface area contributed by atoms with Crippen LogP contribution in [0.15, 0.2) is 65.5 Å². The summed E-state index contributed by atoms with van der Waals surface area (Å²) >= 11 is 5.97. The van der Waals surface area contributed by atoms with Crippen LogP contribution in [0.1, 0.15) is 27.3 Å². The second-order valence-electron chi connectivity index (χ2n) is 6.46. The minimum absolute atomic E-state index is 0.161. The summed E-state index contributed by atoms with van der Waals surface area (Å²) in [5, 5.41) is 3.29. The minimum Gasteiger partial charge on any atom is -0.348 e. The van der Waals surface area contributed by atoms with E-state index >= 15 is 0 Å². The van der Waals surface area contributed by atoms with E-state index in [9.17, 15) is 9.59 Å². The van der Waals surface area contributed by atoms with Crippen molar-refractivity contribution in [3.8, 4) is 0 Å². The molecule has 0 saturated carbocycles. The number of aromatic nitrogens is 1. The molecular formula is C22H21ClN2O2. The van der Waals surface area contributed by atoms with Gasteiger partial charge >= 0.3 is 0 Å². The zero-order valence-corrected chi connectivity index (χ0v) is 16.1. The molecule has 1 heterocycles. The van der Waals surface area contributed by atoms with Crippen molar-refractivity contribution in [3.63, 3.8) is 0 Å². The first-order valence-electron chi connectivity index (χ1n) is 8.77. The first kappa shape index (κ1) is 18.9. The van der Waals surface area contributed by atoms with Crippen molar-refractivity contribution in [2.24, 2.45) is 0 Å². The normalized spacial score (nSPS) is 10.6. The fourth-order valence-corrected chi connectivity index (χ4v) is 3.37. The number of benzene rings is 2. The van der Waals surface area contributed by atoms with E-state index in [-0.39, 0.29) is 11.0 Å². The molecule has 0 radical (unpaired) electrons. The molecule has 0 atom stereocenters. The summed E-state index contributed by atoms with van der Waals surface area (Å²) in [5.41, 5.74) is 3.15. The summed E-state index contributed by atoms with van der Waals surface area (Å²) in [6, 6.07) is 18.5. The number of rotatable bonds is 5. The van der Waals surface area contributed by atoms with Crippen molar-refractivity contribution < 1.29 is 4.79 Å². The SMILES string of the molecule is Cc1cc(=O)c(C(=O)Nc2cccc(Cl)c2)c(C)n1CCc1ccccc1. The molecular weight excluding hydrogens is 360 g/mol. The molecule has 27 heavy (non-hydrogen) atoms. The molecule has 0 aliphatic heterocycles. The lowest BCUT2D eigenvalue weighted by molar-refractivity contribution is 0.102. The molecule has 3 aromatic rings. The van der Waals surface area contributed by atoms with Crippen LogP contribution in [0.2, 0.25) is 5.02 Å². The summed E-state index contributed by atoms with van der Waals surface area (Å²) in [5.74, 6) is -0.423. The summed E-state index contributed by atoms with van der Waals surface area (Å²) in [7, 11) is 0. The van der Waals surface area contributed by atoms with Gasteiger partial charge in [-0.25, -0.2) is 0 Å². The molecule has 138 valence electrons. The summed E-state index contributed by atoms with van der Waals surface area (Å²) < 4.78 is 2.02. The van der Waals surface area contributed by atoms with Gasteiger partial charge in [-0.1, -0.05) is 48.0 Å². The van der Waals surface area contributed by atoms with E-state index in [0.29, 0.717) is 22.9 Å². The van der Waals surface area contributed by atoms with Gasteiger partial charge in [0, 0.05) is 34.7 Å². The van der Waals surface area contributed by atoms with Crippen molar-refractivity contribution in [1.82, 2.24) is 4.57 Å². The van der Waals surface area contributed by atoms with Crippen LogP contribution in [0.5, 0.6) is 0 Å². The van der Waals surface area contributed by atoms with Crippen LogP contribution in [0.3, 0.4) is 0 Å². The van der Waals surface area contributed by atoms with Crippen molar-refractivity contribution in [1.29, 1.82) is 0 Å². The maximum atomic E-state index is 12.7. The molecule has 0 aliphatic carbocycles.